The molecule has 3 N–H and O–H groups in total. The lowest BCUT2D eigenvalue weighted by Crippen LogP contribution is -2.31. The van der Waals surface area contributed by atoms with Crippen LogP contribution in [0.4, 0.5) is 17.1 Å². The summed E-state index contributed by atoms with van der Waals surface area (Å²) in [7, 11) is -1.06. The van der Waals surface area contributed by atoms with E-state index >= 15 is 0 Å². The summed E-state index contributed by atoms with van der Waals surface area (Å²) in [5.41, 5.74) is 6.69. The standard InChI is InChI=1S/C29H28ClN5O5S/c1-39-22-11-9-20(27(16-22)40-2)17-33-41(37,38)28-15-21(34-29(36)14-19-6-3-4-7-23(19)30)10-12-26(28)35-25-8-5-13-31-24(25)18-32-35/h3-13,15-16,32-33H,14,17-18H2,1-2H3,(H,34,36). The molecule has 212 valence electrons. The summed E-state index contributed by atoms with van der Waals surface area (Å²) in [6.07, 6.45) is 1.72. The van der Waals surface area contributed by atoms with Crippen LogP contribution < -0.4 is 29.9 Å². The smallest absolute Gasteiger partial charge is 0.243 e. The second-order valence-corrected chi connectivity index (χ2v) is 11.3. The number of sulfonamides is 1. The molecule has 3 aromatic carbocycles. The number of pyridine rings is 1. The normalized spacial score (nSPS) is 12.6. The lowest BCUT2D eigenvalue weighted by Gasteiger charge is -2.23. The Labute approximate surface area is 243 Å². The van der Waals surface area contributed by atoms with E-state index in [2.05, 4.69) is 20.4 Å². The molecule has 1 amide bonds. The van der Waals surface area contributed by atoms with E-state index in [1.54, 1.807) is 79.0 Å². The third kappa shape index (κ3) is 6.28. The number of hydrazine groups is 1. The maximum Gasteiger partial charge on any atom is 0.243 e. The van der Waals surface area contributed by atoms with Gasteiger partial charge in [-0.2, -0.15) is 0 Å². The van der Waals surface area contributed by atoms with Crippen LogP contribution in [0.1, 0.15) is 16.8 Å². The predicted octanol–water partition coefficient (Wildman–Crippen LogP) is 4.57. The summed E-state index contributed by atoms with van der Waals surface area (Å²) in [5, 5.41) is 4.96. The lowest BCUT2D eigenvalue weighted by atomic mass is 10.1. The number of nitrogens with one attached hydrogen (secondary N) is 3. The van der Waals surface area contributed by atoms with E-state index in [0.29, 0.717) is 45.6 Å². The van der Waals surface area contributed by atoms with Gasteiger partial charge in [-0.05, 0) is 48.0 Å². The Kier molecular flexibility index (Phi) is 8.41. The van der Waals surface area contributed by atoms with Crippen molar-refractivity contribution in [1.82, 2.24) is 15.1 Å². The monoisotopic (exact) mass is 593 g/mol. The van der Waals surface area contributed by atoms with Gasteiger partial charge in [-0.25, -0.2) is 18.6 Å². The number of anilines is 3. The van der Waals surface area contributed by atoms with Gasteiger partial charge < -0.3 is 14.8 Å². The molecule has 5 rings (SSSR count). The molecule has 0 fully saturated rings. The van der Waals surface area contributed by atoms with Crippen molar-refractivity contribution in [2.75, 3.05) is 24.5 Å². The maximum absolute atomic E-state index is 13.8. The van der Waals surface area contributed by atoms with Crippen molar-refractivity contribution in [3.63, 3.8) is 0 Å². The molecule has 0 bridgehead atoms. The molecule has 0 unspecified atom stereocenters. The van der Waals surface area contributed by atoms with Gasteiger partial charge in [-0.3, -0.25) is 14.8 Å². The molecule has 10 nitrogen and oxygen atoms in total. The van der Waals surface area contributed by atoms with E-state index in [1.807, 2.05) is 6.07 Å². The van der Waals surface area contributed by atoms with Crippen LogP contribution >= 0.6 is 11.6 Å². The number of rotatable bonds is 10. The Bertz CT molecular complexity index is 1700. The second-order valence-electron chi connectivity index (χ2n) is 9.14. The predicted molar refractivity (Wildman–Crippen MR) is 157 cm³/mol. The van der Waals surface area contributed by atoms with Crippen molar-refractivity contribution in [2.24, 2.45) is 0 Å². The molecule has 0 atom stereocenters. The Hall–Kier alpha value is -4.16. The molecule has 1 aliphatic rings. The molecule has 0 spiro atoms. The quantitative estimate of drug-likeness (QED) is 0.244. The molecule has 1 aromatic heterocycles. The van der Waals surface area contributed by atoms with E-state index in [4.69, 9.17) is 21.1 Å². The van der Waals surface area contributed by atoms with Crippen molar-refractivity contribution in [3.8, 4) is 11.5 Å². The molecular weight excluding hydrogens is 566 g/mol. The number of halogens is 1. The molecule has 41 heavy (non-hydrogen) atoms. The van der Waals surface area contributed by atoms with Crippen molar-refractivity contribution >= 4 is 44.6 Å². The number of ether oxygens (including phenoxy) is 2. The summed E-state index contributed by atoms with van der Waals surface area (Å²) in [5.74, 6) is 0.733. The number of benzene rings is 3. The van der Waals surface area contributed by atoms with Crippen LogP contribution in [0.3, 0.4) is 0 Å². The third-order valence-electron chi connectivity index (χ3n) is 6.54. The molecule has 1 aliphatic heterocycles. The summed E-state index contributed by atoms with van der Waals surface area (Å²) in [6, 6.07) is 20.6. The third-order valence-corrected chi connectivity index (χ3v) is 8.34. The molecule has 4 aromatic rings. The van der Waals surface area contributed by atoms with Crippen LogP contribution in [0.2, 0.25) is 5.02 Å². The van der Waals surface area contributed by atoms with E-state index < -0.39 is 10.0 Å². The Morgan fingerprint density at radius 2 is 1.83 bits per heavy atom. The molecule has 2 heterocycles. The van der Waals surface area contributed by atoms with Gasteiger partial charge in [0, 0.05) is 35.1 Å². The number of hydrogen-bond acceptors (Lipinski definition) is 8. The minimum Gasteiger partial charge on any atom is -0.497 e. The van der Waals surface area contributed by atoms with E-state index in [-0.39, 0.29) is 23.8 Å². The van der Waals surface area contributed by atoms with Crippen molar-refractivity contribution in [3.05, 3.63) is 101 Å². The Balaban J connectivity index is 1.46. The Morgan fingerprint density at radius 3 is 2.61 bits per heavy atom. The second kappa shape index (κ2) is 12.1. The van der Waals surface area contributed by atoms with Gasteiger partial charge in [-0.15, -0.1) is 0 Å². The molecule has 0 saturated heterocycles. The first-order chi connectivity index (χ1) is 19.8. The summed E-state index contributed by atoms with van der Waals surface area (Å²) >= 11 is 6.21. The van der Waals surface area contributed by atoms with Crippen LogP contribution in [0.5, 0.6) is 11.5 Å². The number of fused-ring (bicyclic) bond motifs is 1. The fraction of sp³-hybridized carbons (Fsp3) is 0.172. The lowest BCUT2D eigenvalue weighted by molar-refractivity contribution is -0.115. The van der Waals surface area contributed by atoms with Crippen LogP contribution in [-0.2, 0) is 34.3 Å². The number of carbonyl (C=O) groups excluding carboxylic acids is 1. The zero-order valence-corrected chi connectivity index (χ0v) is 23.9. The van der Waals surface area contributed by atoms with Crippen LogP contribution in [0, 0.1) is 0 Å². The highest BCUT2D eigenvalue weighted by Gasteiger charge is 2.28. The van der Waals surface area contributed by atoms with Gasteiger partial charge in [0.15, 0.2) is 0 Å². The van der Waals surface area contributed by atoms with Crippen LogP contribution in [0.25, 0.3) is 0 Å². The zero-order valence-electron chi connectivity index (χ0n) is 22.3. The average molecular weight is 594 g/mol. The van der Waals surface area contributed by atoms with E-state index in [1.165, 1.54) is 13.2 Å². The van der Waals surface area contributed by atoms with Crippen molar-refractivity contribution in [2.45, 2.75) is 24.4 Å². The summed E-state index contributed by atoms with van der Waals surface area (Å²) < 4.78 is 41.0. The maximum atomic E-state index is 13.8. The molecule has 12 heteroatoms. The van der Waals surface area contributed by atoms with Gasteiger partial charge in [0.05, 0.1) is 44.3 Å². The highest BCUT2D eigenvalue weighted by atomic mass is 35.5. The van der Waals surface area contributed by atoms with Gasteiger partial charge in [0.1, 0.15) is 16.4 Å². The topological polar surface area (TPSA) is 122 Å². The molecule has 0 aliphatic carbocycles. The first kappa shape index (κ1) is 28.4. The van der Waals surface area contributed by atoms with Crippen molar-refractivity contribution in [1.29, 1.82) is 0 Å². The highest BCUT2D eigenvalue weighted by molar-refractivity contribution is 7.89. The average Bonchev–Trinajstić information content (AvgIpc) is 3.41. The number of hydrogen-bond donors (Lipinski definition) is 3. The van der Waals surface area contributed by atoms with Gasteiger partial charge in [0.25, 0.3) is 0 Å². The number of amides is 1. The van der Waals surface area contributed by atoms with Gasteiger partial charge >= 0.3 is 0 Å². The van der Waals surface area contributed by atoms with E-state index in [0.717, 1.165) is 11.4 Å². The molecule has 0 saturated carbocycles. The van der Waals surface area contributed by atoms with Crippen molar-refractivity contribution < 1.29 is 22.7 Å². The highest BCUT2D eigenvalue weighted by Crippen LogP contribution is 2.36. The number of methoxy groups -OCH3 is 2. The summed E-state index contributed by atoms with van der Waals surface area (Å²) in [4.78, 5) is 17.2. The largest absolute Gasteiger partial charge is 0.497 e. The fourth-order valence-corrected chi connectivity index (χ4v) is 5.90. The van der Waals surface area contributed by atoms with Gasteiger partial charge in [-0.1, -0.05) is 35.9 Å². The minimum atomic E-state index is -4.10. The van der Waals surface area contributed by atoms with Crippen LogP contribution in [0.15, 0.2) is 83.9 Å². The van der Waals surface area contributed by atoms with E-state index in [9.17, 15) is 13.2 Å². The minimum absolute atomic E-state index is 0.0335. The number of carbonyl (C=O) groups is 1. The molecule has 0 radical (unpaired) electrons. The Morgan fingerprint density at radius 1 is 1.00 bits per heavy atom. The zero-order chi connectivity index (χ0) is 29.0. The van der Waals surface area contributed by atoms with Crippen LogP contribution in [-0.4, -0.2) is 33.5 Å². The summed E-state index contributed by atoms with van der Waals surface area (Å²) in [6.45, 7) is 0.395. The molecular formula is C29H28ClN5O5S. The fourth-order valence-electron chi connectivity index (χ4n) is 4.48. The first-order valence-electron chi connectivity index (χ1n) is 12.6. The number of aromatic nitrogens is 1. The SMILES string of the molecule is COc1ccc(CNS(=O)(=O)c2cc(NC(=O)Cc3ccccc3Cl)ccc2N2NCc3ncccc32)c(OC)c1. The van der Waals surface area contributed by atoms with Gasteiger partial charge in [0.2, 0.25) is 15.9 Å². The number of nitrogens with zero attached hydrogens (tertiary/aromatic N) is 2. The first-order valence-corrected chi connectivity index (χ1v) is 14.5.